The molecular formula is C18H19BrN6O3. The summed E-state index contributed by atoms with van der Waals surface area (Å²) in [4.78, 5) is 30.0. The number of hydrogen-bond acceptors (Lipinski definition) is 6. The zero-order valence-electron chi connectivity index (χ0n) is 15.4. The first-order valence-corrected chi connectivity index (χ1v) is 9.45. The van der Waals surface area contributed by atoms with E-state index in [4.69, 9.17) is 5.11 Å². The van der Waals surface area contributed by atoms with Gasteiger partial charge in [-0.25, -0.2) is 0 Å². The van der Waals surface area contributed by atoms with Crippen LogP contribution >= 0.6 is 15.9 Å². The number of rotatable bonds is 7. The van der Waals surface area contributed by atoms with Crippen molar-refractivity contribution in [3.8, 4) is 11.5 Å². The standard InChI is InChI=1S/C18H19BrN6O3/c1-3-20-18(28)15-13(16(27)11-5-4-6-12(19)9-11)10(2)14(21-15)17-22-24-25(23-17)7-8-26/h4-6,9,21,26H,3,7-8H2,1-2H3,(H,20,28). The number of benzene rings is 1. The summed E-state index contributed by atoms with van der Waals surface area (Å²) in [5, 5.41) is 23.7. The molecule has 28 heavy (non-hydrogen) atoms. The van der Waals surface area contributed by atoms with E-state index in [1.807, 2.05) is 6.07 Å². The first-order chi connectivity index (χ1) is 13.5. The number of aromatic amines is 1. The van der Waals surface area contributed by atoms with E-state index >= 15 is 0 Å². The molecule has 146 valence electrons. The summed E-state index contributed by atoms with van der Waals surface area (Å²) in [6.45, 7) is 4.01. The third-order valence-electron chi connectivity index (χ3n) is 4.10. The number of aliphatic hydroxyl groups excluding tert-OH is 1. The molecular weight excluding hydrogens is 428 g/mol. The van der Waals surface area contributed by atoms with Gasteiger partial charge in [-0.3, -0.25) is 9.59 Å². The lowest BCUT2D eigenvalue weighted by Gasteiger charge is -2.06. The van der Waals surface area contributed by atoms with Crippen molar-refractivity contribution in [2.45, 2.75) is 20.4 Å². The molecule has 2 aromatic heterocycles. The number of H-pyrrole nitrogens is 1. The molecule has 0 fully saturated rings. The fourth-order valence-corrected chi connectivity index (χ4v) is 3.22. The van der Waals surface area contributed by atoms with Gasteiger partial charge in [-0.1, -0.05) is 28.1 Å². The average molecular weight is 447 g/mol. The Kier molecular flexibility index (Phi) is 6.00. The van der Waals surface area contributed by atoms with Crippen LogP contribution in [0, 0.1) is 6.92 Å². The van der Waals surface area contributed by atoms with Crippen LogP contribution in [0.15, 0.2) is 28.7 Å². The summed E-state index contributed by atoms with van der Waals surface area (Å²) in [5.74, 6) is -0.437. The molecule has 10 heteroatoms. The van der Waals surface area contributed by atoms with Crippen LogP contribution in [0.25, 0.3) is 11.5 Å². The van der Waals surface area contributed by atoms with Gasteiger partial charge in [0.25, 0.3) is 5.91 Å². The maximum absolute atomic E-state index is 13.2. The molecule has 1 amide bonds. The van der Waals surface area contributed by atoms with E-state index in [1.165, 1.54) is 4.80 Å². The van der Waals surface area contributed by atoms with Gasteiger partial charge in [-0.15, -0.1) is 10.2 Å². The molecule has 3 N–H and O–H groups in total. The number of amides is 1. The topological polar surface area (TPSA) is 126 Å². The third-order valence-corrected chi connectivity index (χ3v) is 4.60. The summed E-state index contributed by atoms with van der Waals surface area (Å²) >= 11 is 3.36. The normalized spacial score (nSPS) is 10.9. The van der Waals surface area contributed by atoms with Crippen molar-refractivity contribution in [2.24, 2.45) is 0 Å². The lowest BCUT2D eigenvalue weighted by Crippen LogP contribution is -2.25. The smallest absolute Gasteiger partial charge is 0.268 e. The van der Waals surface area contributed by atoms with E-state index in [-0.39, 0.29) is 36.0 Å². The van der Waals surface area contributed by atoms with Crippen LogP contribution in [-0.4, -0.2) is 55.1 Å². The monoisotopic (exact) mass is 446 g/mol. The second-order valence-electron chi connectivity index (χ2n) is 6.01. The van der Waals surface area contributed by atoms with Gasteiger partial charge in [-0.05, 0) is 36.8 Å². The van der Waals surface area contributed by atoms with Crippen molar-refractivity contribution in [3.05, 3.63) is 51.1 Å². The molecule has 0 aliphatic rings. The summed E-state index contributed by atoms with van der Waals surface area (Å²) in [6, 6.07) is 6.97. The molecule has 0 aliphatic carbocycles. The molecule has 9 nitrogen and oxygen atoms in total. The quantitative estimate of drug-likeness (QED) is 0.474. The van der Waals surface area contributed by atoms with Crippen LogP contribution in [0.2, 0.25) is 0 Å². The molecule has 2 heterocycles. The van der Waals surface area contributed by atoms with E-state index in [9.17, 15) is 9.59 Å². The summed E-state index contributed by atoms with van der Waals surface area (Å²) < 4.78 is 0.764. The van der Waals surface area contributed by atoms with Gasteiger partial charge < -0.3 is 15.4 Å². The van der Waals surface area contributed by atoms with Gasteiger partial charge in [0.05, 0.1) is 24.4 Å². The maximum atomic E-state index is 13.2. The fourth-order valence-electron chi connectivity index (χ4n) is 2.82. The van der Waals surface area contributed by atoms with Crippen LogP contribution < -0.4 is 5.32 Å². The van der Waals surface area contributed by atoms with E-state index in [0.29, 0.717) is 23.4 Å². The van der Waals surface area contributed by atoms with Crippen molar-refractivity contribution in [1.82, 2.24) is 30.5 Å². The lowest BCUT2D eigenvalue weighted by atomic mass is 9.99. The van der Waals surface area contributed by atoms with Crippen molar-refractivity contribution in [1.29, 1.82) is 0 Å². The van der Waals surface area contributed by atoms with E-state index < -0.39 is 5.91 Å². The number of aromatic nitrogens is 5. The molecule has 3 aromatic rings. The lowest BCUT2D eigenvalue weighted by molar-refractivity contribution is 0.0940. The fraction of sp³-hybridized carbons (Fsp3) is 0.278. The zero-order chi connectivity index (χ0) is 20.3. The molecule has 0 aliphatic heterocycles. The number of ketones is 1. The van der Waals surface area contributed by atoms with E-state index in [2.05, 4.69) is 41.6 Å². The SMILES string of the molecule is CCNC(=O)c1[nH]c(-c2nnn(CCO)n2)c(C)c1C(=O)c1cccc(Br)c1. The number of tetrazole rings is 1. The molecule has 0 bridgehead atoms. The first kappa shape index (κ1) is 19.9. The van der Waals surface area contributed by atoms with Gasteiger partial charge in [-0.2, -0.15) is 4.80 Å². The molecule has 0 spiro atoms. The Hall–Kier alpha value is -2.85. The largest absolute Gasteiger partial charge is 0.394 e. The van der Waals surface area contributed by atoms with Crippen LogP contribution in [0.3, 0.4) is 0 Å². The van der Waals surface area contributed by atoms with E-state index in [1.54, 1.807) is 32.0 Å². The number of halogens is 1. The molecule has 0 saturated carbocycles. The van der Waals surface area contributed by atoms with Crippen molar-refractivity contribution in [3.63, 3.8) is 0 Å². The van der Waals surface area contributed by atoms with Crippen LogP contribution in [0.5, 0.6) is 0 Å². The summed E-state index contributed by atoms with van der Waals surface area (Å²) in [6.07, 6.45) is 0. The molecule has 3 rings (SSSR count). The second-order valence-corrected chi connectivity index (χ2v) is 6.92. The zero-order valence-corrected chi connectivity index (χ0v) is 16.9. The predicted octanol–water partition coefficient (Wildman–Crippen LogP) is 1.71. The molecule has 0 unspecified atom stereocenters. The van der Waals surface area contributed by atoms with Gasteiger partial charge in [0.15, 0.2) is 5.78 Å². The van der Waals surface area contributed by atoms with Gasteiger partial charge >= 0.3 is 0 Å². The van der Waals surface area contributed by atoms with Crippen molar-refractivity contribution < 1.29 is 14.7 Å². The van der Waals surface area contributed by atoms with Crippen LogP contribution in [0.4, 0.5) is 0 Å². The molecule has 0 radical (unpaired) electrons. The Labute approximate surface area is 169 Å². The highest BCUT2D eigenvalue weighted by atomic mass is 79.9. The van der Waals surface area contributed by atoms with Crippen molar-refractivity contribution in [2.75, 3.05) is 13.2 Å². The molecule has 0 saturated heterocycles. The summed E-state index contributed by atoms with van der Waals surface area (Å²) in [7, 11) is 0. The van der Waals surface area contributed by atoms with Crippen LogP contribution in [-0.2, 0) is 6.54 Å². The highest BCUT2D eigenvalue weighted by molar-refractivity contribution is 9.10. The highest BCUT2D eigenvalue weighted by Crippen LogP contribution is 2.28. The minimum atomic E-state index is -0.391. The summed E-state index contributed by atoms with van der Waals surface area (Å²) in [5.41, 5.74) is 1.85. The minimum Gasteiger partial charge on any atom is -0.394 e. The predicted molar refractivity (Wildman–Crippen MR) is 105 cm³/mol. The Morgan fingerprint density at radius 1 is 1.36 bits per heavy atom. The molecule has 1 aromatic carbocycles. The Morgan fingerprint density at radius 3 is 2.82 bits per heavy atom. The number of hydrogen-bond donors (Lipinski definition) is 3. The average Bonchev–Trinajstić information content (AvgIpc) is 3.26. The maximum Gasteiger partial charge on any atom is 0.268 e. The van der Waals surface area contributed by atoms with E-state index in [0.717, 1.165) is 4.47 Å². The molecule has 0 atom stereocenters. The van der Waals surface area contributed by atoms with Gasteiger partial charge in [0, 0.05) is 16.6 Å². The van der Waals surface area contributed by atoms with Crippen LogP contribution in [0.1, 0.15) is 38.9 Å². The van der Waals surface area contributed by atoms with Crippen molar-refractivity contribution >= 4 is 27.6 Å². The number of nitrogens with one attached hydrogen (secondary N) is 2. The minimum absolute atomic E-state index is 0.129. The first-order valence-electron chi connectivity index (χ1n) is 8.66. The number of nitrogens with zero attached hydrogens (tertiary/aromatic N) is 4. The van der Waals surface area contributed by atoms with Gasteiger partial charge in [0.1, 0.15) is 5.69 Å². The second kappa shape index (κ2) is 8.44. The Balaban J connectivity index is 2.12. The van der Waals surface area contributed by atoms with Gasteiger partial charge in [0.2, 0.25) is 5.82 Å². The number of aliphatic hydroxyl groups is 1. The highest BCUT2D eigenvalue weighted by Gasteiger charge is 2.27. The number of carbonyl (C=O) groups excluding carboxylic acids is 2. The Morgan fingerprint density at radius 2 is 2.14 bits per heavy atom. The third kappa shape index (κ3) is 3.87. The Bertz CT molecular complexity index is 1030. The number of carbonyl (C=O) groups is 2.